The van der Waals surface area contributed by atoms with Crippen LogP contribution in [0.4, 0.5) is 0 Å². The van der Waals surface area contributed by atoms with Crippen LogP contribution in [0.1, 0.15) is 37.8 Å². The first kappa shape index (κ1) is 14.5. The second kappa shape index (κ2) is 7.70. The predicted octanol–water partition coefficient (Wildman–Crippen LogP) is 3.66. The highest BCUT2D eigenvalue weighted by molar-refractivity contribution is 5.91. The molecule has 0 atom stereocenters. The molecule has 0 aromatic heterocycles. The highest BCUT2D eigenvalue weighted by Gasteiger charge is 2.06. The van der Waals surface area contributed by atoms with Crippen molar-refractivity contribution in [3.05, 3.63) is 41.5 Å². The summed E-state index contributed by atoms with van der Waals surface area (Å²) in [7, 11) is 0. The molecule has 18 heavy (non-hydrogen) atoms. The summed E-state index contributed by atoms with van der Waals surface area (Å²) in [4.78, 5) is 13.8. The lowest BCUT2D eigenvalue weighted by Crippen LogP contribution is -2.30. The molecule has 0 saturated heterocycles. The Morgan fingerprint density at radius 3 is 2.44 bits per heavy atom. The Balaban J connectivity index is 2.59. The van der Waals surface area contributed by atoms with Crippen LogP contribution in [-0.4, -0.2) is 23.9 Å². The van der Waals surface area contributed by atoms with Crippen LogP contribution in [0.15, 0.2) is 30.3 Å². The summed E-state index contributed by atoms with van der Waals surface area (Å²) >= 11 is 0. The molecule has 0 saturated carbocycles. The van der Waals surface area contributed by atoms with Gasteiger partial charge in [0.1, 0.15) is 0 Å². The van der Waals surface area contributed by atoms with Crippen molar-refractivity contribution in [1.82, 2.24) is 4.90 Å². The molecule has 0 bridgehead atoms. The van der Waals surface area contributed by atoms with Gasteiger partial charge in [-0.3, -0.25) is 4.79 Å². The minimum absolute atomic E-state index is 0.103. The monoisotopic (exact) mass is 245 g/mol. The van der Waals surface area contributed by atoms with Crippen LogP contribution >= 0.6 is 0 Å². The normalized spacial score (nSPS) is 10.8. The molecule has 1 rings (SSSR count). The molecule has 0 N–H and O–H groups in total. The number of aryl methyl sites for hydroxylation is 1. The fraction of sp³-hybridized carbons (Fsp3) is 0.438. The van der Waals surface area contributed by atoms with Crippen molar-refractivity contribution in [3.63, 3.8) is 0 Å². The summed E-state index contributed by atoms with van der Waals surface area (Å²) in [6.45, 7) is 7.84. The van der Waals surface area contributed by atoms with Crippen molar-refractivity contribution in [2.75, 3.05) is 13.1 Å². The maximum Gasteiger partial charge on any atom is 0.246 e. The molecule has 0 heterocycles. The maximum atomic E-state index is 12.0. The van der Waals surface area contributed by atoms with Gasteiger partial charge in [0.05, 0.1) is 0 Å². The third-order valence-electron chi connectivity index (χ3n) is 2.97. The molecular weight excluding hydrogens is 222 g/mol. The molecule has 1 aromatic carbocycles. The Kier molecular flexibility index (Phi) is 6.20. The van der Waals surface area contributed by atoms with Crippen LogP contribution < -0.4 is 0 Å². The van der Waals surface area contributed by atoms with Crippen molar-refractivity contribution in [3.8, 4) is 0 Å². The number of nitrogens with zero attached hydrogens (tertiary/aromatic N) is 1. The Morgan fingerprint density at radius 1 is 1.22 bits per heavy atom. The maximum absolute atomic E-state index is 12.0. The number of hydrogen-bond acceptors (Lipinski definition) is 1. The summed E-state index contributed by atoms with van der Waals surface area (Å²) in [6, 6.07) is 8.17. The van der Waals surface area contributed by atoms with Gasteiger partial charge in [-0.15, -0.1) is 0 Å². The van der Waals surface area contributed by atoms with E-state index in [1.807, 2.05) is 30.0 Å². The zero-order valence-electron chi connectivity index (χ0n) is 11.6. The third kappa shape index (κ3) is 4.74. The molecule has 1 aromatic rings. The fourth-order valence-electron chi connectivity index (χ4n) is 1.72. The second-order valence-electron chi connectivity index (χ2n) is 4.52. The van der Waals surface area contributed by atoms with Crippen molar-refractivity contribution in [2.24, 2.45) is 0 Å². The minimum atomic E-state index is 0.103. The molecule has 0 aliphatic carbocycles. The molecule has 0 unspecified atom stereocenters. The topological polar surface area (TPSA) is 20.3 Å². The predicted molar refractivity (Wildman–Crippen MR) is 77.4 cm³/mol. The standard InChI is InChI=1S/C16H23NO/c1-4-6-13-17(5-2)16(18)12-11-15-9-7-14(3)8-10-15/h7-12H,4-6,13H2,1-3H3/b12-11+. The van der Waals surface area contributed by atoms with Gasteiger partial charge in [-0.2, -0.15) is 0 Å². The minimum Gasteiger partial charge on any atom is -0.339 e. The van der Waals surface area contributed by atoms with Crippen LogP contribution in [0.3, 0.4) is 0 Å². The average molecular weight is 245 g/mol. The number of rotatable bonds is 6. The lowest BCUT2D eigenvalue weighted by molar-refractivity contribution is -0.125. The van der Waals surface area contributed by atoms with Crippen LogP contribution in [0.2, 0.25) is 0 Å². The zero-order chi connectivity index (χ0) is 13.4. The van der Waals surface area contributed by atoms with Gasteiger partial charge >= 0.3 is 0 Å². The lowest BCUT2D eigenvalue weighted by atomic mass is 10.1. The van der Waals surface area contributed by atoms with Crippen LogP contribution in [0.5, 0.6) is 0 Å². The number of carbonyl (C=O) groups excluding carboxylic acids is 1. The largest absolute Gasteiger partial charge is 0.339 e. The van der Waals surface area contributed by atoms with E-state index in [0.29, 0.717) is 0 Å². The number of hydrogen-bond donors (Lipinski definition) is 0. The zero-order valence-corrected chi connectivity index (χ0v) is 11.6. The average Bonchev–Trinajstić information content (AvgIpc) is 2.39. The van der Waals surface area contributed by atoms with Crippen LogP contribution in [0.25, 0.3) is 6.08 Å². The van der Waals surface area contributed by atoms with Crippen LogP contribution in [-0.2, 0) is 4.79 Å². The smallest absolute Gasteiger partial charge is 0.246 e. The number of likely N-dealkylation sites (N-methyl/N-ethyl adjacent to an activating group) is 1. The first-order chi connectivity index (χ1) is 8.67. The number of unbranched alkanes of at least 4 members (excludes halogenated alkanes) is 1. The fourth-order valence-corrected chi connectivity index (χ4v) is 1.72. The van der Waals surface area contributed by atoms with Gasteiger partial charge in [-0.25, -0.2) is 0 Å². The van der Waals surface area contributed by atoms with Gasteiger partial charge in [0, 0.05) is 19.2 Å². The highest BCUT2D eigenvalue weighted by atomic mass is 16.2. The molecule has 0 spiro atoms. The molecule has 2 heteroatoms. The summed E-state index contributed by atoms with van der Waals surface area (Å²) in [6.07, 6.45) is 5.74. The Bertz CT molecular complexity index is 392. The molecule has 98 valence electrons. The molecular formula is C16H23NO. The number of benzene rings is 1. The van der Waals surface area contributed by atoms with Crippen LogP contribution in [0, 0.1) is 6.92 Å². The first-order valence-electron chi connectivity index (χ1n) is 6.71. The SMILES string of the molecule is CCCCN(CC)C(=O)/C=C/c1ccc(C)cc1. The van der Waals surface area contributed by atoms with E-state index in [1.165, 1.54) is 5.56 Å². The van der Waals surface area contributed by atoms with Crippen molar-refractivity contribution in [1.29, 1.82) is 0 Å². The molecule has 0 aliphatic heterocycles. The Morgan fingerprint density at radius 2 is 1.89 bits per heavy atom. The van der Waals surface area contributed by atoms with Gasteiger partial charge in [0.15, 0.2) is 0 Å². The third-order valence-corrected chi connectivity index (χ3v) is 2.97. The van der Waals surface area contributed by atoms with Gasteiger partial charge in [-0.1, -0.05) is 43.2 Å². The second-order valence-corrected chi connectivity index (χ2v) is 4.52. The van der Waals surface area contributed by atoms with Gasteiger partial charge in [0.2, 0.25) is 5.91 Å². The van der Waals surface area contributed by atoms with E-state index in [0.717, 1.165) is 31.5 Å². The van der Waals surface area contributed by atoms with Crippen molar-refractivity contribution < 1.29 is 4.79 Å². The molecule has 1 amide bonds. The Hall–Kier alpha value is -1.57. The summed E-state index contributed by atoms with van der Waals surface area (Å²) in [5, 5.41) is 0. The van der Waals surface area contributed by atoms with E-state index in [1.54, 1.807) is 6.08 Å². The quantitative estimate of drug-likeness (QED) is 0.700. The summed E-state index contributed by atoms with van der Waals surface area (Å²) in [5.41, 5.74) is 2.30. The van der Waals surface area contributed by atoms with E-state index >= 15 is 0 Å². The molecule has 0 radical (unpaired) electrons. The lowest BCUT2D eigenvalue weighted by Gasteiger charge is -2.18. The van der Waals surface area contributed by atoms with Gasteiger partial charge in [-0.05, 0) is 31.9 Å². The van der Waals surface area contributed by atoms with Gasteiger partial charge < -0.3 is 4.90 Å². The van der Waals surface area contributed by atoms with E-state index in [-0.39, 0.29) is 5.91 Å². The number of carbonyl (C=O) groups is 1. The number of amides is 1. The summed E-state index contributed by atoms with van der Waals surface area (Å²) in [5.74, 6) is 0.103. The van der Waals surface area contributed by atoms with E-state index in [2.05, 4.69) is 26.0 Å². The van der Waals surface area contributed by atoms with Crippen molar-refractivity contribution in [2.45, 2.75) is 33.6 Å². The molecule has 0 fully saturated rings. The Labute approximate surface area is 110 Å². The first-order valence-corrected chi connectivity index (χ1v) is 6.71. The molecule has 0 aliphatic rings. The molecule has 2 nitrogen and oxygen atoms in total. The van der Waals surface area contributed by atoms with E-state index in [4.69, 9.17) is 0 Å². The van der Waals surface area contributed by atoms with E-state index in [9.17, 15) is 4.79 Å². The van der Waals surface area contributed by atoms with Gasteiger partial charge in [0.25, 0.3) is 0 Å². The summed E-state index contributed by atoms with van der Waals surface area (Å²) < 4.78 is 0. The van der Waals surface area contributed by atoms with Crippen molar-refractivity contribution >= 4 is 12.0 Å². The van der Waals surface area contributed by atoms with E-state index < -0.39 is 0 Å². The highest BCUT2D eigenvalue weighted by Crippen LogP contribution is 2.06.